The van der Waals surface area contributed by atoms with Crippen LogP contribution in [0.2, 0.25) is 0 Å². The maximum Gasteiger partial charge on any atom is 0.416 e. The lowest BCUT2D eigenvalue weighted by Crippen LogP contribution is -2.37. The van der Waals surface area contributed by atoms with E-state index in [1.165, 1.54) is 13.0 Å². The number of aryl methyl sites for hydroxylation is 1. The van der Waals surface area contributed by atoms with E-state index in [0.717, 1.165) is 17.4 Å². The summed E-state index contributed by atoms with van der Waals surface area (Å²) < 4.78 is 46.9. The Hall–Kier alpha value is -2.94. The normalized spacial score (nSPS) is 15.0. The second-order valence-corrected chi connectivity index (χ2v) is 7.35. The predicted octanol–water partition coefficient (Wildman–Crippen LogP) is 3.60. The van der Waals surface area contributed by atoms with Crippen molar-refractivity contribution in [3.63, 3.8) is 0 Å². The van der Waals surface area contributed by atoms with Gasteiger partial charge in [0.25, 0.3) is 0 Å². The van der Waals surface area contributed by atoms with Gasteiger partial charge in [-0.2, -0.15) is 13.2 Å². The van der Waals surface area contributed by atoms with Crippen LogP contribution in [0.25, 0.3) is 5.65 Å². The van der Waals surface area contributed by atoms with Crippen molar-refractivity contribution in [2.24, 2.45) is 0 Å². The second-order valence-electron chi connectivity index (χ2n) is 7.35. The minimum Gasteiger partial charge on any atom is -0.378 e. The Kier molecular flexibility index (Phi) is 5.23. The van der Waals surface area contributed by atoms with Crippen LogP contribution in [0.15, 0.2) is 24.3 Å². The quantitative estimate of drug-likeness (QED) is 0.606. The fourth-order valence-electron chi connectivity index (χ4n) is 3.78. The summed E-state index contributed by atoms with van der Waals surface area (Å²) in [7, 11) is 0. The molecule has 30 heavy (non-hydrogen) atoms. The van der Waals surface area contributed by atoms with Crippen LogP contribution in [0.1, 0.15) is 38.4 Å². The monoisotopic (exact) mass is 418 g/mol. The number of aromatic nitrogens is 3. The van der Waals surface area contributed by atoms with E-state index in [4.69, 9.17) is 4.74 Å². The number of hydrogen-bond donors (Lipinski definition) is 0. The first-order valence-corrected chi connectivity index (χ1v) is 9.62. The number of carbonyl (C=O) groups excluding carboxylic acids is 1. The van der Waals surface area contributed by atoms with Gasteiger partial charge in [0.05, 0.1) is 24.5 Å². The van der Waals surface area contributed by atoms with Gasteiger partial charge in [-0.1, -0.05) is 12.1 Å². The highest BCUT2D eigenvalue weighted by Crippen LogP contribution is 2.34. The molecular weight excluding hydrogens is 397 g/mol. The van der Waals surface area contributed by atoms with Crippen LogP contribution in [0.3, 0.4) is 0 Å². The minimum absolute atomic E-state index is 0.115. The van der Waals surface area contributed by atoms with E-state index in [1.54, 1.807) is 10.6 Å². The van der Waals surface area contributed by atoms with Crippen molar-refractivity contribution in [1.82, 2.24) is 14.6 Å². The maximum absolute atomic E-state index is 13.3. The molecule has 158 valence electrons. The summed E-state index contributed by atoms with van der Waals surface area (Å²) in [5.41, 5.74) is 1.95. The van der Waals surface area contributed by atoms with Gasteiger partial charge < -0.3 is 9.64 Å². The Bertz CT molecular complexity index is 1100. The minimum atomic E-state index is -4.44. The van der Waals surface area contributed by atoms with E-state index in [1.807, 2.05) is 13.0 Å². The fourth-order valence-corrected chi connectivity index (χ4v) is 3.78. The summed E-state index contributed by atoms with van der Waals surface area (Å²) in [5.74, 6) is 0.722. The molecule has 1 saturated heterocycles. The summed E-state index contributed by atoms with van der Waals surface area (Å²) >= 11 is 0. The first-order chi connectivity index (χ1) is 14.3. The number of fused-ring (bicyclic) bond motifs is 1. The van der Waals surface area contributed by atoms with E-state index in [0.29, 0.717) is 49.5 Å². The average Bonchev–Trinajstić information content (AvgIpc) is 3.07. The number of benzene rings is 1. The molecule has 0 amide bonds. The third-order valence-corrected chi connectivity index (χ3v) is 5.44. The van der Waals surface area contributed by atoms with Crippen molar-refractivity contribution >= 4 is 17.8 Å². The Morgan fingerprint density at radius 2 is 1.93 bits per heavy atom. The van der Waals surface area contributed by atoms with Crippen LogP contribution in [-0.4, -0.2) is 47.2 Å². The van der Waals surface area contributed by atoms with Gasteiger partial charge in [0, 0.05) is 19.5 Å². The third kappa shape index (κ3) is 3.65. The number of carbonyl (C=O) groups is 1. The predicted molar refractivity (Wildman–Crippen MR) is 105 cm³/mol. The van der Waals surface area contributed by atoms with Gasteiger partial charge in [0.2, 0.25) is 0 Å². The molecule has 3 heterocycles. The summed E-state index contributed by atoms with van der Waals surface area (Å²) in [6.07, 6.45) is -3.70. The summed E-state index contributed by atoms with van der Waals surface area (Å²) in [6, 6.07) is 5.98. The lowest BCUT2D eigenvalue weighted by Gasteiger charge is -2.28. The Labute approximate surface area is 171 Å². The fraction of sp³-hybridized carbons (Fsp3) is 0.381. The van der Waals surface area contributed by atoms with Crippen molar-refractivity contribution in [1.29, 1.82) is 0 Å². The van der Waals surface area contributed by atoms with Gasteiger partial charge in [-0.25, -0.2) is 9.50 Å². The van der Waals surface area contributed by atoms with Gasteiger partial charge in [-0.3, -0.25) is 4.79 Å². The molecule has 4 rings (SSSR count). The average molecular weight is 418 g/mol. The van der Waals surface area contributed by atoms with Crippen molar-refractivity contribution in [3.05, 3.63) is 57.9 Å². The first-order valence-electron chi connectivity index (χ1n) is 9.62. The first kappa shape index (κ1) is 20.3. The molecule has 0 saturated carbocycles. The van der Waals surface area contributed by atoms with E-state index >= 15 is 0 Å². The molecular formula is C21H21F3N4O2. The van der Waals surface area contributed by atoms with Crippen LogP contribution in [0.4, 0.5) is 19.0 Å². The number of morpholine rings is 1. The Morgan fingerprint density at radius 1 is 1.20 bits per heavy atom. The number of ether oxygens (including phenoxy) is 1. The largest absolute Gasteiger partial charge is 0.416 e. The topological polar surface area (TPSA) is 59.7 Å². The highest BCUT2D eigenvalue weighted by atomic mass is 19.4. The number of nitrogens with zero attached hydrogens (tertiary/aromatic N) is 4. The van der Waals surface area contributed by atoms with Gasteiger partial charge in [0.15, 0.2) is 11.9 Å². The van der Waals surface area contributed by atoms with Gasteiger partial charge in [0.1, 0.15) is 11.5 Å². The molecule has 0 aliphatic carbocycles. The van der Waals surface area contributed by atoms with E-state index in [2.05, 4.69) is 15.0 Å². The maximum atomic E-state index is 13.3. The molecule has 0 radical (unpaired) electrons. The summed E-state index contributed by atoms with van der Waals surface area (Å²) in [6.45, 7) is 5.89. The number of imidazole rings is 1. The van der Waals surface area contributed by atoms with E-state index < -0.39 is 11.7 Å². The number of halogens is 3. The Morgan fingerprint density at radius 3 is 2.60 bits per heavy atom. The SMILES string of the molecule is Cc1c(Cc2c(C=O)nc3c(C)cc(N4CCOCC4)nn23)cccc1C(F)(F)F. The molecule has 0 spiro atoms. The summed E-state index contributed by atoms with van der Waals surface area (Å²) in [4.78, 5) is 18.1. The van der Waals surface area contributed by atoms with Crippen molar-refractivity contribution in [2.45, 2.75) is 26.4 Å². The number of rotatable bonds is 4. The molecule has 0 unspecified atom stereocenters. The van der Waals surface area contributed by atoms with Gasteiger partial charge in [-0.05, 0) is 42.7 Å². The number of anilines is 1. The van der Waals surface area contributed by atoms with Gasteiger partial charge in [-0.15, -0.1) is 5.10 Å². The van der Waals surface area contributed by atoms with Crippen LogP contribution in [0, 0.1) is 13.8 Å². The molecule has 6 nitrogen and oxygen atoms in total. The molecule has 1 aliphatic rings. The zero-order valence-corrected chi connectivity index (χ0v) is 16.7. The molecule has 0 atom stereocenters. The lowest BCUT2D eigenvalue weighted by molar-refractivity contribution is -0.138. The zero-order valence-electron chi connectivity index (χ0n) is 16.7. The van der Waals surface area contributed by atoms with Crippen LogP contribution in [-0.2, 0) is 17.3 Å². The van der Waals surface area contributed by atoms with Crippen LogP contribution >= 0.6 is 0 Å². The number of alkyl halides is 3. The van der Waals surface area contributed by atoms with Gasteiger partial charge >= 0.3 is 6.18 Å². The zero-order chi connectivity index (χ0) is 21.5. The number of hydrogen-bond acceptors (Lipinski definition) is 5. The second kappa shape index (κ2) is 7.71. The lowest BCUT2D eigenvalue weighted by atomic mass is 9.98. The standard InChI is InChI=1S/C21H21F3N4O2/c1-13-10-19(27-6-8-30-9-7-27)26-28-18(17(12-29)25-20(13)28)11-15-4-3-5-16(14(15)2)21(22,23)24/h3-5,10,12H,6-9,11H2,1-2H3. The highest BCUT2D eigenvalue weighted by Gasteiger charge is 2.33. The molecule has 9 heteroatoms. The highest BCUT2D eigenvalue weighted by molar-refractivity contribution is 5.77. The molecule has 0 N–H and O–H groups in total. The van der Waals surface area contributed by atoms with Crippen LogP contribution in [0.5, 0.6) is 0 Å². The summed E-state index contributed by atoms with van der Waals surface area (Å²) in [5, 5.41) is 4.67. The molecule has 2 aromatic heterocycles. The van der Waals surface area contributed by atoms with Crippen LogP contribution < -0.4 is 4.90 Å². The molecule has 1 aromatic carbocycles. The molecule has 1 aliphatic heterocycles. The number of aldehydes is 1. The smallest absolute Gasteiger partial charge is 0.378 e. The van der Waals surface area contributed by atoms with E-state index in [-0.39, 0.29) is 17.7 Å². The van der Waals surface area contributed by atoms with Crippen molar-refractivity contribution < 1.29 is 22.7 Å². The molecule has 3 aromatic rings. The Balaban J connectivity index is 1.82. The van der Waals surface area contributed by atoms with Crippen molar-refractivity contribution in [2.75, 3.05) is 31.2 Å². The molecule has 1 fully saturated rings. The third-order valence-electron chi connectivity index (χ3n) is 5.44. The van der Waals surface area contributed by atoms with Crippen molar-refractivity contribution in [3.8, 4) is 0 Å². The van der Waals surface area contributed by atoms with E-state index in [9.17, 15) is 18.0 Å². The molecule has 0 bridgehead atoms.